The fraction of sp³-hybridized carbons (Fsp3) is 0.917. The molecule has 9 nitrogen and oxygen atoms in total. The molecule has 0 amide bonds. The summed E-state index contributed by atoms with van der Waals surface area (Å²) in [6.07, 6.45) is 12.6. The van der Waals surface area contributed by atoms with Gasteiger partial charge in [-0.2, -0.15) is 0 Å². The summed E-state index contributed by atoms with van der Waals surface area (Å²) in [6.45, 7) is 10.9. The van der Waals surface area contributed by atoms with Crippen LogP contribution in [0, 0.1) is 39.9 Å². The Morgan fingerprint density at radius 3 is 2.42 bits per heavy atom. The summed E-state index contributed by atoms with van der Waals surface area (Å²) in [5.41, 5.74) is 16.2. The number of piperidine rings is 1. The number of rotatable bonds is 12. The number of likely N-dealkylation sites (tertiary alicyclic amines) is 1. The molecule has 8 rings (SSSR count). The molecule has 7 fully saturated rings. The quantitative estimate of drug-likeness (QED) is 0.314. The highest BCUT2D eigenvalue weighted by Gasteiger charge is 2.94. The van der Waals surface area contributed by atoms with E-state index >= 15 is 0 Å². The smallest absolute Gasteiger partial charge is 0.155 e. The van der Waals surface area contributed by atoms with E-state index in [2.05, 4.69) is 18.7 Å². The number of nitrogens with zero attached hydrogens (tertiary/aromatic N) is 1. The van der Waals surface area contributed by atoms with Gasteiger partial charge >= 0.3 is 0 Å². The van der Waals surface area contributed by atoms with Crippen LogP contribution in [0.4, 0.5) is 0 Å². The van der Waals surface area contributed by atoms with Crippen molar-refractivity contribution < 1.29 is 28.5 Å². The number of ketones is 1. The number of ether oxygens (including phenoxy) is 5. The van der Waals surface area contributed by atoms with E-state index in [-0.39, 0.29) is 28.0 Å². The Bertz CT molecular complexity index is 1230. The maximum absolute atomic E-state index is 12.4. The molecule has 2 saturated heterocycles. The molecule has 2 unspecified atom stereocenters. The van der Waals surface area contributed by atoms with Crippen LogP contribution in [0.1, 0.15) is 78.1 Å². The van der Waals surface area contributed by atoms with E-state index in [1.165, 1.54) is 24.8 Å². The molecule has 252 valence electrons. The molecular formula is C36H57N3O6. The molecule has 0 aromatic carbocycles. The van der Waals surface area contributed by atoms with Crippen molar-refractivity contribution in [3.8, 4) is 0 Å². The van der Waals surface area contributed by atoms with Gasteiger partial charge in [-0.25, -0.2) is 0 Å². The highest BCUT2D eigenvalue weighted by atomic mass is 16.6. The molecule has 4 N–H and O–H groups in total. The van der Waals surface area contributed by atoms with Crippen molar-refractivity contribution in [3.63, 3.8) is 0 Å². The van der Waals surface area contributed by atoms with Gasteiger partial charge in [0.25, 0.3) is 0 Å². The SMILES string of the molecule is COCCOCCOCCOCCN1C[C@@H](C)C[C@@]2(N)O[C@@]34CC[C@@H]5C6(C[C@H]7[C@@]5(N)CCC5=CC(=O)CC[C@@]57C)CC63C[C@@H]4[C@H]12. The van der Waals surface area contributed by atoms with E-state index in [1.807, 2.05) is 6.08 Å². The summed E-state index contributed by atoms with van der Waals surface area (Å²) >= 11 is 0. The normalized spacial score (nSPS) is 50.7. The summed E-state index contributed by atoms with van der Waals surface area (Å²) in [7, 11) is 1.67. The lowest BCUT2D eigenvalue weighted by molar-refractivity contribution is -0.233. The minimum atomic E-state index is -0.592. The zero-order valence-corrected chi connectivity index (χ0v) is 28.0. The van der Waals surface area contributed by atoms with Crippen LogP contribution in [0.5, 0.6) is 0 Å². The fourth-order valence-electron chi connectivity index (χ4n) is 13.3. The summed E-state index contributed by atoms with van der Waals surface area (Å²) < 4.78 is 29.5. The van der Waals surface area contributed by atoms with Crippen LogP contribution in [0.3, 0.4) is 0 Å². The second-order valence-corrected chi connectivity index (χ2v) is 16.8. The molecule has 6 aliphatic carbocycles. The Labute approximate surface area is 269 Å². The molecule has 5 saturated carbocycles. The molecule has 2 aliphatic heterocycles. The van der Waals surface area contributed by atoms with Crippen LogP contribution in [-0.2, 0) is 28.5 Å². The average molecular weight is 628 g/mol. The monoisotopic (exact) mass is 627 g/mol. The first kappa shape index (κ1) is 31.4. The van der Waals surface area contributed by atoms with Crippen LogP contribution < -0.4 is 11.5 Å². The van der Waals surface area contributed by atoms with Gasteiger partial charge in [0, 0.05) is 43.5 Å². The van der Waals surface area contributed by atoms with Gasteiger partial charge < -0.3 is 35.2 Å². The standard InChI is InChI=1S/C36H57N3O6/c1-24-19-36(38)30(39(22-24)10-11-42-14-15-44-17-16-43-13-12-41-3)27-20-33-23-32(33)21-29-31(2)7-5-26(40)18-25(31)4-8-34(29,37)28(32)6-9-35(27,33)45-36/h18,24,27-30H,4-17,19-23,37-38H2,1-3H3/t24-,27+,28+,29+,30-,31-,32?,33?,34+,35+,36+/m0/s1. The summed E-state index contributed by atoms with van der Waals surface area (Å²) in [6, 6.07) is 0.254. The first-order valence-corrected chi connectivity index (χ1v) is 18.1. The lowest BCUT2D eigenvalue weighted by atomic mass is 9.47. The van der Waals surface area contributed by atoms with E-state index in [4.69, 9.17) is 35.2 Å². The number of hydrogen-bond acceptors (Lipinski definition) is 9. The largest absolute Gasteiger partial charge is 0.382 e. The van der Waals surface area contributed by atoms with Crippen molar-refractivity contribution >= 4 is 5.78 Å². The molecule has 45 heavy (non-hydrogen) atoms. The van der Waals surface area contributed by atoms with Gasteiger partial charge in [-0.05, 0) is 92.4 Å². The lowest BCUT2D eigenvalue weighted by Crippen LogP contribution is -2.67. The Balaban J connectivity index is 0.934. The number of nitrogens with two attached hydrogens (primary N) is 2. The Kier molecular flexibility index (Phi) is 7.52. The zero-order chi connectivity index (χ0) is 31.3. The minimum absolute atomic E-state index is 0.0712. The van der Waals surface area contributed by atoms with Crippen molar-refractivity contribution in [2.75, 3.05) is 66.4 Å². The third kappa shape index (κ3) is 4.23. The van der Waals surface area contributed by atoms with Crippen LogP contribution >= 0.6 is 0 Å². The predicted molar refractivity (Wildman–Crippen MR) is 169 cm³/mol. The summed E-state index contributed by atoms with van der Waals surface area (Å²) in [5.74, 6) is 2.33. The predicted octanol–water partition coefficient (Wildman–Crippen LogP) is 3.43. The van der Waals surface area contributed by atoms with Crippen LogP contribution in [0.2, 0.25) is 0 Å². The molecule has 3 spiro atoms. The van der Waals surface area contributed by atoms with Crippen molar-refractivity contribution in [2.45, 2.75) is 101 Å². The topological polar surface area (TPSA) is 118 Å². The van der Waals surface area contributed by atoms with E-state index in [1.54, 1.807) is 7.11 Å². The van der Waals surface area contributed by atoms with E-state index in [9.17, 15) is 4.79 Å². The van der Waals surface area contributed by atoms with Gasteiger partial charge in [-0.1, -0.05) is 19.4 Å². The van der Waals surface area contributed by atoms with Crippen LogP contribution in [0.25, 0.3) is 0 Å². The summed E-state index contributed by atoms with van der Waals surface area (Å²) in [4.78, 5) is 15.0. The van der Waals surface area contributed by atoms with Crippen molar-refractivity contribution in [1.29, 1.82) is 0 Å². The molecule has 0 aromatic heterocycles. The van der Waals surface area contributed by atoms with Crippen molar-refractivity contribution in [2.24, 2.45) is 51.4 Å². The van der Waals surface area contributed by atoms with Gasteiger partial charge in [0.15, 0.2) is 5.78 Å². The Morgan fingerprint density at radius 2 is 1.67 bits per heavy atom. The Hall–Kier alpha value is -0.910. The maximum Gasteiger partial charge on any atom is 0.155 e. The van der Waals surface area contributed by atoms with Gasteiger partial charge in [0.1, 0.15) is 5.72 Å². The van der Waals surface area contributed by atoms with Gasteiger partial charge in [0.2, 0.25) is 0 Å². The third-order valence-corrected chi connectivity index (χ3v) is 14.9. The number of methoxy groups -OCH3 is 1. The third-order valence-electron chi connectivity index (χ3n) is 14.9. The fourth-order valence-corrected chi connectivity index (χ4v) is 13.3. The van der Waals surface area contributed by atoms with Crippen molar-refractivity contribution in [3.05, 3.63) is 11.6 Å². The van der Waals surface area contributed by atoms with E-state index < -0.39 is 5.72 Å². The van der Waals surface area contributed by atoms with Gasteiger partial charge in [-0.3, -0.25) is 9.69 Å². The maximum atomic E-state index is 12.4. The molecule has 9 heteroatoms. The first-order valence-electron chi connectivity index (χ1n) is 18.1. The van der Waals surface area contributed by atoms with E-state index in [0.717, 1.165) is 51.6 Å². The number of allylic oxidation sites excluding steroid dienone is 2. The van der Waals surface area contributed by atoms with Gasteiger partial charge in [-0.15, -0.1) is 0 Å². The molecule has 8 aliphatic rings. The number of carbonyl (C=O) groups excluding carboxylic acids is 1. The minimum Gasteiger partial charge on any atom is -0.382 e. The van der Waals surface area contributed by atoms with Crippen LogP contribution in [-0.4, -0.2) is 100 Å². The van der Waals surface area contributed by atoms with E-state index in [0.29, 0.717) is 87.5 Å². The van der Waals surface area contributed by atoms with Crippen molar-refractivity contribution in [1.82, 2.24) is 4.90 Å². The zero-order valence-electron chi connectivity index (χ0n) is 28.0. The lowest BCUT2D eigenvalue weighted by Gasteiger charge is -2.61. The molecular weight excluding hydrogens is 570 g/mol. The molecule has 0 bridgehead atoms. The molecule has 0 radical (unpaired) electrons. The average Bonchev–Trinajstić information content (AvgIpc) is 3.55. The molecule has 0 aromatic rings. The number of fused-ring (bicyclic) bond motifs is 6. The van der Waals surface area contributed by atoms with Crippen LogP contribution in [0.15, 0.2) is 11.6 Å². The summed E-state index contributed by atoms with van der Waals surface area (Å²) in [5, 5.41) is 0. The second-order valence-electron chi connectivity index (χ2n) is 16.8. The van der Waals surface area contributed by atoms with Gasteiger partial charge in [0.05, 0.1) is 57.9 Å². The highest BCUT2D eigenvalue weighted by molar-refractivity contribution is 5.91. The Morgan fingerprint density at radius 1 is 0.933 bits per heavy atom. The second kappa shape index (κ2) is 10.8. The molecule has 11 atom stereocenters. The molecule has 2 heterocycles. The highest BCUT2D eigenvalue weighted by Crippen LogP contribution is 2.93. The first-order chi connectivity index (χ1) is 21.6. The number of carbonyl (C=O) groups is 1. The number of hydrogen-bond donors (Lipinski definition) is 2.